The summed E-state index contributed by atoms with van der Waals surface area (Å²) in [6, 6.07) is 21.8. The molecule has 0 saturated carbocycles. The van der Waals surface area contributed by atoms with Gasteiger partial charge in [0.15, 0.2) is 11.4 Å². The molecular formula is C38H20N8Na6O24S7. The first-order valence-electron chi connectivity index (χ1n) is 19.1. The average molecular weight is 1340 g/mol. The van der Waals surface area contributed by atoms with E-state index < -0.39 is 153 Å². The minimum Gasteiger partial charge on any atom is -0.746 e. The molecule has 0 aliphatic heterocycles. The molecule has 0 unspecified atom stereocenters. The van der Waals surface area contributed by atoms with Crippen LogP contribution in [-0.4, -0.2) is 95.6 Å². The van der Waals surface area contributed by atoms with Crippen LogP contribution < -0.4 is 187 Å². The molecule has 3 N–H and O–H groups in total. The molecule has 0 aliphatic carbocycles. The van der Waals surface area contributed by atoms with E-state index in [9.17, 15) is 75.5 Å². The molecule has 404 valence electrons. The van der Waals surface area contributed by atoms with Crippen LogP contribution in [0.25, 0.3) is 21.5 Å². The Kier molecular flexibility index (Phi) is 34.1. The molecular weight excluding hydrogens is 1310 g/mol. The molecule has 0 amide bonds. The van der Waals surface area contributed by atoms with E-state index in [1.807, 2.05) is 0 Å². The van der Waals surface area contributed by atoms with Gasteiger partial charge in [-0.25, -0.2) is 38.8 Å². The topological polar surface area (TPSA) is 538 Å². The molecule has 0 radical (unpaired) electrons. The van der Waals surface area contributed by atoms with Gasteiger partial charge in [0.2, 0.25) is 0 Å². The van der Waals surface area contributed by atoms with Crippen molar-refractivity contribution in [1.82, 2.24) is 0 Å². The van der Waals surface area contributed by atoms with Crippen LogP contribution in [0, 0.1) is 22.2 Å². The molecule has 7 aromatic carbocycles. The summed E-state index contributed by atoms with van der Waals surface area (Å²) in [6.07, 6.45) is 0. The first-order valence-corrected chi connectivity index (χ1v) is 28.2. The van der Waals surface area contributed by atoms with Crippen LogP contribution in [0.1, 0.15) is 0 Å². The predicted molar refractivity (Wildman–Crippen MR) is 249 cm³/mol. The molecule has 45 heteroatoms. The van der Waals surface area contributed by atoms with Gasteiger partial charge in [-0.3, -0.25) is 10.1 Å². The monoisotopic (exact) mass is 1330 g/mol. The Balaban J connectivity index is 0. The zero-order chi connectivity index (χ0) is 57.6. The van der Waals surface area contributed by atoms with Crippen LogP contribution in [0.2, 0.25) is 0 Å². The largest absolute Gasteiger partial charge is 1.00 e. The zero-order valence-electron chi connectivity index (χ0n) is 42.7. The van der Waals surface area contributed by atoms with E-state index in [1.54, 1.807) is 0 Å². The number of nitrogens with zero attached hydrogens (tertiary/aromatic N) is 7. The minimum atomic E-state index is -5.84. The van der Waals surface area contributed by atoms with E-state index in [2.05, 4.69) is 42.8 Å². The van der Waals surface area contributed by atoms with Crippen molar-refractivity contribution in [3.05, 3.63) is 125 Å². The third-order valence-corrected chi connectivity index (χ3v) is 14.0. The number of nitrogens with two attached hydrogens (primary N) is 1. The second kappa shape index (κ2) is 34.3. The fraction of sp³-hybridized carbons (Fsp3) is 0. The standard InChI is InChI=1S/C38H24N8O18S5.6Na.2O3S/c39-36-28(19-32(67(56,57)58)23-18-33(68(59,60)61)37(38(47)35(23)36)45-41-25-14-13-21(65(50,51)52)17-29(25)46(48)49)44-43-27-16-15-24(40-42-26-10-4-5-12-31(26)66(53,54)55)22-9-6-11-30(34(22)27)64-69(62,63)20-7-2-1-3-8-20;;;;;;;2*1-4(2)3/h1-3,5,7-19,47H,39H2,(H,50,51,52)(H,53,54,55)(H,56,57,58)(H,59,60,61);;;;;;;;/q-2;6*+1;;/p-4. The van der Waals surface area contributed by atoms with E-state index in [0.717, 1.165) is 30.3 Å². The fourth-order valence-corrected chi connectivity index (χ4v) is 9.61. The van der Waals surface area contributed by atoms with Crippen LogP contribution in [0.3, 0.4) is 0 Å². The number of phenols is 1. The van der Waals surface area contributed by atoms with Crippen molar-refractivity contribution < 1.29 is 277 Å². The second-order valence-corrected chi connectivity index (χ2v) is 21.8. The Morgan fingerprint density at radius 2 is 1.00 bits per heavy atom. The van der Waals surface area contributed by atoms with Gasteiger partial charge in [-0.2, -0.15) is 49.0 Å². The van der Waals surface area contributed by atoms with Crippen molar-refractivity contribution in [2.24, 2.45) is 30.7 Å². The smallest absolute Gasteiger partial charge is 0.746 e. The maximum atomic E-state index is 13.4. The van der Waals surface area contributed by atoms with Crippen LogP contribution in [0.5, 0.6) is 11.5 Å². The molecule has 83 heavy (non-hydrogen) atoms. The zero-order valence-corrected chi connectivity index (χ0v) is 60.4. The van der Waals surface area contributed by atoms with Gasteiger partial charge in [0.05, 0.1) is 36.4 Å². The number of fused-ring (bicyclic) bond motifs is 2. The summed E-state index contributed by atoms with van der Waals surface area (Å²) in [5.41, 5.74) is 0.383. The number of azo groups is 3. The number of hydrogen-bond acceptors (Lipinski definition) is 31. The minimum absolute atomic E-state index is 0. The SMILES string of the molecule is Nc1c(N=Nc2ccc(N=Nc3c[c-]ccc3S(=O)(=O)[O-])c3c[c-]cc(OS(=O)(=O)c4ccccc4)c23)cc(S(=O)(=O)[O-])c2cc(S(=O)(=O)[O-])c(N=Nc3ccc(S(=O)(=O)[O-])cc3[N+](=O)[O-])c(O)c12.O=S(=O)=O.O=S(=O)=O.[Na+].[Na+].[Na+].[Na+].[Na+].[Na+]. The molecule has 0 saturated heterocycles. The van der Waals surface area contributed by atoms with Crippen LogP contribution in [0.15, 0.2) is 158 Å². The number of aromatic hydroxyl groups is 1. The average Bonchev–Trinajstić information content (AvgIpc) is 3.31. The number of nitrogen functional groups attached to an aromatic ring is 1. The summed E-state index contributed by atoms with van der Waals surface area (Å²) in [4.78, 5) is 5.43. The first-order chi connectivity index (χ1) is 35.6. The summed E-state index contributed by atoms with van der Waals surface area (Å²) in [7, 11) is -32.8. The molecule has 32 nitrogen and oxygen atoms in total. The number of hydrogen-bond donors (Lipinski definition) is 2. The summed E-state index contributed by atoms with van der Waals surface area (Å²) in [6.45, 7) is 0. The van der Waals surface area contributed by atoms with E-state index in [0.29, 0.717) is 18.2 Å². The Labute approximate surface area is 604 Å². The van der Waals surface area contributed by atoms with Gasteiger partial charge in [-0.1, -0.05) is 29.0 Å². The van der Waals surface area contributed by atoms with Gasteiger partial charge in [-0.15, -0.1) is 52.7 Å². The number of nitro benzene ring substituents is 1. The van der Waals surface area contributed by atoms with E-state index in [1.165, 1.54) is 42.5 Å². The molecule has 0 aliphatic rings. The fourth-order valence-electron chi connectivity index (χ4n) is 6.26. The molecule has 0 heterocycles. The summed E-state index contributed by atoms with van der Waals surface area (Å²) in [5, 5.41) is 43.7. The number of anilines is 1. The normalized spacial score (nSPS) is 11.4. The van der Waals surface area contributed by atoms with Crippen molar-refractivity contribution in [1.29, 1.82) is 0 Å². The Bertz CT molecular complexity index is 4500. The van der Waals surface area contributed by atoms with Crippen LogP contribution in [0.4, 0.5) is 45.5 Å². The number of rotatable bonds is 14. The molecule has 0 spiro atoms. The summed E-state index contributed by atoms with van der Waals surface area (Å²) >= 11 is 0. The van der Waals surface area contributed by atoms with Crippen molar-refractivity contribution >= 4 is 139 Å². The number of phenolic OH excluding ortho intramolecular Hbond substituents is 1. The van der Waals surface area contributed by atoms with Crippen LogP contribution >= 0.6 is 0 Å². The molecule has 0 bridgehead atoms. The molecule has 0 aromatic heterocycles. The van der Waals surface area contributed by atoms with Gasteiger partial charge in [0.1, 0.15) is 56.7 Å². The van der Waals surface area contributed by atoms with Gasteiger partial charge >= 0.3 is 209 Å². The summed E-state index contributed by atoms with van der Waals surface area (Å²) in [5.74, 6) is -1.98. The molecule has 0 fully saturated rings. The van der Waals surface area contributed by atoms with Gasteiger partial charge in [-0.05, 0) is 59.1 Å². The molecule has 0 atom stereocenters. The summed E-state index contributed by atoms with van der Waals surface area (Å²) < 4.78 is 229. The van der Waals surface area contributed by atoms with Crippen molar-refractivity contribution in [2.45, 2.75) is 24.5 Å². The third-order valence-electron chi connectivity index (χ3n) is 9.27. The number of benzene rings is 7. The maximum Gasteiger partial charge on any atom is 1.00 e. The second-order valence-electron chi connectivity index (χ2n) is 14.0. The third kappa shape index (κ3) is 22.2. The maximum absolute atomic E-state index is 13.4. The van der Waals surface area contributed by atoms with Crippen molar-refractivity contribution in [3.8, 4) is 11.5 Å². The van der Waals surface area contributed by atoms with E-state index >= 15 is 0 Å². The van der Waals surface area contributed by atoms with Gasteiger partial charge in [0.25, 0.3) is 5.69 Å². The first kappa shape index (κ1) is 82.6. The van der Waals surface area contributed by atoms with Gasteiger partial charge in [0, 0.05) is 22.9 Å². The van der Waals surface area contributed by atoms with Crippen molar-refractivity contribution in [2.75, 3.05) is 5.73 Å². The van der Waals surface area contributed by atoms with Crippen molar-refractivity contribution in [3.63, 3.8) is 0 Å². The molecule has 7 aromatic rings. The number of nitro groups is 1. The Morgan fingerprint density at radius 1 is 0.506 bits per heavy atom. The Morgan fingerprint density at radius 3 is 1.53 bits per heavy atom. The van der Waals surface area contributed by atoms with Crippen LogP contribution in [-0.2, 0) is 71.8 Å². The quantitative estimate of drug-likeness (QED) is 0.0149. The predicted octanol–water partition coefficient (Wildman–Crippen LogP) is -13.6. The Hall–Kier alpha value is -2.51. The van der Waals surface area contributed by atoms with E-state index in [4.69, 9.17) is 35.2 Å². The molecule has 7 rings (SSSR count). The van der Waals surface area contributed by atoms with Gasteiger partial charge < -0.3 is 33.2 Å². The van der Waals surface area contributed by atoms with E-state index in [-0.39, 0.29) is 217 Å².